The number of fused-ring (bicyclic) bond motifs is 1. The quantitative estimate of drug-likeness (QED) is 0.170. The molecule has 2 heterocycles. The highest BCUT2D eigenvalue weighted by molar-refractivity contribution is 9.11. The number of aryl methyl sites for hydroxylation is 2. The van der Waals surface area contributed by atoms with Gasteiger partial charge in [-0.3, -0.25) is 4.79 Å². The van der Waals surface area contributed by atoms with E-state index in [4.69, 9.17) is 4.74 Å². The van der Waals surface area contributed by atoms with Gasteiger partial charge in [-0.25, -0.2) is 4.98 Å². The van der Waals surface area contributed by atoms with E-state index in [1.165, 1.54) is 4.68 Å². The summed E-state index contributed by atoms with van der Waals surface area (Å²) in [6.07, 6.45) is 1.71. The van der Waals surface area contributed by atoms with Gasteiger partial charge in [-0.2, -0.15) is 9.78 Å². The molecule has 192 valence electrons. The van der Waals surface area contributed by atoms with Crippen LogP contribution in [0.3, 0.4) is 0 Å². The van der Waals surface area contributed by atoms with Crippen molar-refractivity contribution < 1.29 is 4.74 Å². The number of hydrogen-bond donors (Lipinski definition) is 0. The van der Waals surface area contributed by atoms with Crippen molar-refractivity contribution in [3.63, 3.8) is 0 Å². The van der Waals surface area contributed by atoms with E-state index in [-0.39, 0.29) is 5.56 Å². The molecule has 0 aliphatic heterocycles. The van der Waals surface area contributed by atoms with E-state index in [2.05, 4.69) is 68.5 Å². The van der Waals surface area contributed by atoms with Gasteiger partial charge in [0.25, 0.3) is 5.56 Å². The molecule has 0 amide bonds. The van der Waals surface area contributed by atoms with Crippen LogP contribution in [0.25, 0.3) is 16.6 Å². The molecule has 0 atom stereocenters. The first-order chi connectivity index (χ1) is 18.2. The smallest absolute Gasteiger partial charge is 0.282 e. The highest BCUT2D eigenvalue weighted by atomic mass is 79.9. The molecule has 38 heavy (non-hydrogen) atoms. The molecule has 0 saturated heterocycles. The lowest BCUT2D eigenvalue weighted by molar-refractivity contribution is 0.305. The van der Waals surface area contributed by atoms with Crippen LogP contribution < -0.4 is 10.3 Å². The normalized spacial score (nSPS) is 11.5. The molecule has 5 aromatic rings. The van der Waals surface area contributed by atoms with Crippen LogP contribution in [-0.2, 0) is 6.61 Å². The molecule has 9 heteroatoms. The van der Waals surface area contributed by atoms with E-state index in [1.807, 2.05) is 68.4 Å². The van der Waals surface area contributed by atoms with E-state index in [0.29, 0.717) is 23.3 Å². The molecule has 0 fully saturated rings. The number of nitrogens with zero attached hydrogens (tertiary/aromatic N) is 4. The van der Waals surface area contributed by atoms with Crippen LogP contribution >= 0.6 is 47.8 Å². The Kier molecular flexibility index (Phi) is 7.70. The van der Waals surface area contributed by atoms with Crippen molar-refractivity contribution in [3.8, 4) is 11.4 Å². The van der Waals surface area contributed by atoms with Crippen molar-refractivity contribution in [1.29, 1.82) is 0 Å². The van der Waals surface area contributed by atoms with Crippen molar-refractivity contribution >= 4 is 64.9 Å². The van der Waals surface area contributed by atoms with Gasteiger partial charge < -0.3 is 9.30 Å². The molecule has 0 spiro atoms. The molecule has 0 aliphatic carbocycles. The molecule has 2 aromatic heterocycles. The second-order valence-corrected chi connectivity index (χ2v) is 11.5. The number of rotatable bonds is 6. The maximum atomic E-state index is 13.1. The Hall–Kier alpha value is -3.01. The summed E-state index contributed by atoms with van der Waals surface area (Å²) in [4.78, 5) is 17.6. The standard InChI is InChI=1S/C29H23Br3N4O2/c1-17-12-21(15-33-36-19(3)34-28-11-6-22(30)13-26(28)29(36)37)18(2)35(17)24-7-9-25(10-8-24)38-16-20-4-5-23(31)14-27(20)32/h4-15H,16H2,1-3H3. The molecular formula is C29H23Br3N4O2. The van der Waals surface area contributed by atoms with Crippen molar-refractivity contribution in [2.75, 3.05) is 0 Å². The Morgan fingerprint density at radius 2 is 1.63 bits per heavy atom. The van der Waals surface area contributed by atoms with Gasteiger partial charge in [-0.05, 0) is 81.4 Å². The van der Waals surface area contributed by atoms with Crippen LogP contribution in [0.15, 0.2) is 90.0 Å². The first kappa shape index (κ1) is 26.6. The Balaban J connectivity index is 1.38. The zero-order valence-corrected chi connectivity index (χ0v) is 25.6. The molecule has 3 aromatic carbocycles. The number of aromatic nitrogens is 3. The summed E-state index contributed by atoms with van der Waals surface area (Å²) >= 11 is 10.5. The molecule has 0 radical (unpaired) electrons. The maximum absolute atomic E-state index is 13.1. The second-order valence-electron chi connectivity index (χ2n) is 8.86. The molecule has 0 N–H and O–H groups in total. The van der Waals surface area contributed by atoms with Gasteiger partial charge >= 0.3 is 0 Å². The predicted molar refractivity (Wildman–Crippen MR) is 163 cm³/mol. The summed E-state index contributed by atoms with van der Waals surface area (Å²) in [6, 6.07) is 21.6. The van der Waals surface area contributed by atoms with Gasteiger partial charge in [0.2, 0.25) is 0 Å². The largest absolute Gasteiger partial charge is 0.489 e. The summed E-state index contributed by atoms with van der Waals surface area (Å²) in [5.41, 5.74) is 5.52. The minimum absolute atomic E-state index is 0.204. The molecule has 0 saturated carbocycles. The zero-order valence-electron chi connectivity index (χ0n) is 20.9. The third-order valence-corrected chi connectivity index (χ3v) is 7.98. The average Bonchev–Trinajstić information content (AvgIpc) is 3.17. The lowest BCUT2D eigenvalue weighted by atomic mass is 10.2. The Morgan fingerprint density at radius 3 is 2.37 bits per heavy atom. The third kappa shape index (κ3) is 5.41. The molecule has 0 unspecified atom stereocenters. The van der Waals surface area contributed by atoms with Gasteiger partial charge in [0.05, 0.1) is 17.1 Å². The van der Waals surface area contributed by atoms with E-state index in [9.17, 15) is 4.79 Å². The molecular weight excluding hydrogens is 676 g/mol. The van der Waals surface area contributed by atoms with E-state index in [1.54, 1.807) is 19.2 Å². The van der Waals surface area contributed by atoms with Crippen LogP contribution in [-0.4, -0.2) is 20.4 Å². The van der Waals surface area contributed by atoms with Crippen molar-refractivity contribution in [1.82, 2.24) is 14.2 Å². The van der Waals surface area contributed by atoms with Crippen molar-refractivity contribution in [3.05, 3.63) is 119 Å². The first-order valence-corrected chi connectivity index (χ1v) is 14.2. The lowest BCUT2D eigenvalue weighted by Crippen LogP contribution is -2.20. The Labute approximate surface area is 245 Å². The third-order valence-electron chi connectivity index (χ3n) is 6.26. The number of hydrogen-bond acceptors (Lipinski definition) is 4. The average molecular weight is 699 g/mol. The minimum atomic E-state index is -0.204. The highest BCUT2D eigenvalue weighted by Crippen LogP contribution is 2.25. The predicted octanol–water partition coefficient (Wildman–Crippen LogP) is 7.86. The fraction of sp³-hybridized carbons (Fsp3) is 0.138. The molecule has 0 bridgehead atoms. The van der Waals surface area contributed by atoms with Gasteiger partial charge in [0, 0.05) is 41.6 Å². The fourth-order valence-corrected chi connectivity index (χ4v) is 5.85. The van der Waals surface area contributed by atoms with Crippen LogP contribution in [0, 0.1) is 20.8 Å². The molecule has 6 nitrogen and oxygen atoms in total. The van der Waals surface area contributed by atoms with Crippen LogP contribution in [0.5, 0.6) is 5.75 Å². The van der Waals surface area contributed by atoms with E-state index < -0.39 is 0 Å². The molecule has 5 rings (SSSR count). The van der Waals surface area contributed by atoms with Crippen LogP contribution in [0.2, 0.25) is 0 Å². The summed E-state index contributed by atoms with van der Waals surface area (Å²) in [6.45, 7) is 6.33. The maximum Gasteiger partial charge on any atom is 0.282 e. The minimum Gasteiger partial charge on any atom is -0.489 e. The topological polar surface area (TPSA) is 61.4 Å². The number of benzene rings is 3. The summed E-state index contributed by atoms with van der Waals surface area (Å²) in [7, 11) is 0. The second kappa shape index (κ2) is 11.0. The van der Waals surface area contributed by atoms with Crippen molar-refractivity contribution in [2.24, 2.45) is 5.10 Å². The Bertz CT molecular complexity index is 1760. The summed E-state index contributed by atoms with van der Waals surface area (Å²) in [5.74, 6) is 1.32. The van der Waals surface area contributed by atoms with Gasteiger partial charge in [-0.1, -0.05) is 53.9 Å². The van der Waals surface area contributed by atoms with Crippen molar-refractivity contribution in [2.45, 2.75) is 27.4 Å². The van der Waals surface area contributed by atoms with Crippen LogP contribution in [0.4, 0.5) is 0 Å². The van der Waals surface area contributed by atoms with Gasteiger partial charge in [0.1, 0.15) is 18.2 Å². The monoisotopic (exact) mass is 696 g/mol. The van der Waals surface area contributed by atoms with Gasteiger partial charge in [0.15, 0.2) is 0 Å². The number of halogens is 3. The van der Waals surface area contributed by atoms with E-state index >= 15 is 0 Å². The Morgan fingerprint density at radius 1 is 0.921 bits per heavy atom. The highest BCUT2D eigenvalue weighted by Gasteiger charge is 2.12. The fourth-order valence-electron chi connectivity index (χ4n) is 4.32. The lowest BCUT2D eigenvalue weighted by Gasteiger charge is -2.12. The van der Waals surface area contributed by atoms with Gasteiger partial charge in [-0.15, -0.1) is 0 Å². The first-order valence-electron chi connectivity index (χ1n) is 11.8. The SMILES string of the molecule is Cc1cc(C=Nn2c(C)nc3ccc(Br)cc3c2=O)c(C)n1-c1ccc(OCc2ccc(Br)cc2Br)cc1. The summed E-state index contributed by atoms with van der Waals surface area (Å²) in [5, 5.41) is 5.02. The van der Waals surface area contributed by atoms with E-state index in [0.717, 1.165) is 47.4 Å². The van der Waals surface area contributed by atoms with Crippen LogP contribution in [0.1, 0.15) is 28.3 Å². The number of ether oxygens (including phenoxy) is 1. The zero-order chi connectivity index (χ0) is 27.0. The molecule has 0 aliphatic rings. The summed E-state index contributed by atoms with van der Waals surface area (Å²) < 4.78 is 12.3.